The lowest BCUT2D eigenvalue weighted by molar-refractivity contribution is 0.0881. The van der Waals surface area contributed by atoms with Gasteiger partial charge in [-0.3, -0.25) is 9.58 Å². The molecule has 0 amide bonds. The summed E-state index contributed by atoms with van der Waals surface area (Å²) in [4.78, 5) is 7.45. The van der Waals surface area contributed by atoms with Crippen LogP contribution < -0.4 is 0 Å². The van der Waals surface area contributed by atoms with Gasteiger partial charge in [0.25, 0.3) is 0 Å². The van der Waals surface area contributed by atoms with Gasteiger partial charge in [-0.2, -0.15) is 5.10 Å². The minimum absolute atomic E-state index is 0.0309. The van der Waals surface area contributed by atoms with Crippen molar-refractivity contribution in [3.63, 3.8) is 0 Å². The van der Waals surface area contributed by atoms with Gasteiger partial charge in [-0.05, 0) is 56.2 Å². The molecule has 0 bridgehead atoms. The SMILES string of the molecule is C[C@@H]1CC[C@@H](C)N(C(c2ccc(F)cc2)c2nc(C3CC3)nn2C)C1. The van der Waals surface area contributed by atoms with Crippen LogP contribution in [0.25, 0.3) is 0 Å². The minimum atomic E-state index is -0.195. The molecule has 4 nitrogen and oxygen atoms in total. The fraction of sp³-hybridized carbons (Fsp3) is 0.600. The number of aryl methyl sites for hydroxylation is 1. The first kappa shape index (κ1) is 16.7. The Hall–Kier alpha value is -1.75. The van der Waals surface area contributed by atoms with Crippen molar-refractivity contribution in [2.75, 3.05) is 6.54 Å². The molecule has 1 aromatic carbocycles. The normalized spacial score (nSPS) is 25.9. The van der Waals surface area contributed by atoms with Crippen LogP contribution in [0.5, 0.6) is 0 Å². The Labute approximate surface area is 149 Å². The number of hydrogen-bond acceptors (Lipinski definition) is 3. The molecule has 1 aliphatic heterocycles. The van der Waals surface area contributed by atoms with E-state index in [1.165, 1.54) is 25.7 Å². The van der Waals surface area contributed by atoms with Crippen molar-refractivity contribution in [3.05, 3.63) is 47.3 Å². The molecule has 1 saturated heterocycles. The lowest BCUT2D eigenvalue weighted by atomic mass is 9.91. The number of rotatable bonds is 4. The maximum atomic E-state index is 13.5. The quantitative estimate of drug-likeness (QED) is 0.841. The summed E-state index contributed by atoms with van der Waals surface area (Å²) in [5.74, 6) is 2.96. The van der Waals surface area contributed by atoms with E-state index >= 15 is 0 Å². The molecule has 0 radical (unpaired) electrons. The molecule has 1 aliphatic carbocycles. The second kappa shape index (κ2) is 6.52. The van der Waals surface area contributed by atoms with Gasteiger partial charge in [0, 0.05) is 25.6 Å². The van der Waals surface area contributed by atoms with Crippen LogP contribution >= 0.6 is 0 Å². The molecule has 2 heterocycles. The summed E-state index contributed by atoms with van der Waals surface area (Å²) in [5, 5.41) is 4.68. The van der Waals surface area contributed by atoms with Crippen molar-refractivity contribution in [3.8, 4) is 0 Å². The molecule has 0 spiro atoms. The van der Waals surface area contributed by atoms with Gasteiger partial charge < -0.3 is 0 Å². The lowest BCUT2D eigenvalue weighted by Crippen LogP contribution is -2.44. The van der Waals surface area contributed by atoms with Gasteiger partial charge in [0.15, 0.2) is 5.82 Å². The monoisotopic (exact) mass is 342 g/mol. The summed E-state index contributed by atoms with van der Waals surface area (Å²) >= 11 is 0. The van der Waals surface area contributed by atoms with E-state index in [2.05, 4.69) is 23.8 Å². The molecule has 0 N–H and O–H groups in total. The summed E-state index contributed by atoms with van der Waals surface area (Å²) in [6.45, 7) is 5.64. The van der Waals surface area contributed by atoms with Gasteiger partial charge in [0.05, 0.1) is 6.04 Å². The van der Waals surface area contributed by atoms with Gasteiger partial charge in [-0.1, -0.05) is 19.1 Å². The molecule has 134 valence electrons. The second-order valence-electron chi connectivity index (χ2n) is 7.91. The third-order valence-electron chi connectivity index (χ3n) is 5.68. The zero-order chi connectivity index (χ0) is 17.6. The molecule has 25 heavy (non-hydrogen) atoms. The van der Waals surface area contributed by atoms with Gasteiger partial charge >= 0.3 is 0 Å². The Morgan fingerprint density at radius 3 is 2.48 bits per heavy atom. The van der Waals surface area contributed by atoms with E-state index in [1.807, 2.05) is 23.9 Å². The molecule has 2 aliphatic rings. The summed E-state index contributed by atoms with van der Waals surface area (Å²) in [6.07, 6.45) is 4.84. The molecule has 2 fully saturated rings. The van der Waals surface area contributed by atoms with Crippen LogP contribution in [0.1, 0.15) is 68.7 Å². The van der Waals surface area contributed by atoms with Crippen molar-refractivity contribution >= 4 is 0 Å². The Balaban J connectivity index is 1.76. The topological polar surface area (TPSA) is 34.0 Å². The van der Waals surface area contributed by atoms with Crippen LogP contribution in [0.3, 0.4) is 0 Å². The number of likely N-dealkylation sites (tertiary alicyclic amines) is 1. The van der Waals surface area contributed by atoms with E-state index in [0.717, 1.165) is 23.8 Å². The molecule has 2 aromatic rings. The van der Waals surface area contributed by atoms with Gasteiger partial charge in [0.1, 0.15) is 11.6 Å². The second-order valence-corrected chi connectivity index (χ2v) is 7.91. The van der Waals surface area contributed by atoms with Crippen molar-refractivity contribution in [1.82, 2.24) is 19.7 Å². The van der Waals surface area contributed by atoms with Crippen LogP contribution in [0.15, 0.2) is 24.3 Å². The van der Waals surface area contributed by atoms with Crippen LogP contribution in [0.4, 0.5) is 4.39 Å². The number of nitrogens with zero attached hydrogens (tertiary/aromatic N) is 4. The van der Waals surface area contributed by atoms with Crippen LogP contribution in [0.2, 0.25) is 0 Å². The Kier molecular flexibility index (Phi) is 4.36. The van der Waals surface area contributed by atoms with Crippen molar-refractivity contribution in [1.29, 1.82) is 0 Å². The fourth-order valence-corrected chi connectivity index (χ4v) is 3.99. The predicted molar refractivity (Wildman–Crippen MR) is 95.8 cm³/mol. The van der Waals surface area contributed by atoms with Crippen molar-refractivity contribution in [2.24, 2.45) is 13.0 Å². The maximum absolute atomic E-state index is 13.5. The fourth-order valence-electron chi connectivity index (χ4n) is 3.99. The first-order valence-corrected chi connectivity index (χ1v) is 9.45. The van der Waals surface area contributed by atoms with Gasteiger partial charge in [-0.25, -0.2) is 9.37 Å². The third kappa shape index (κ3) is 3.34. The smallest absolute Gasteiger partial charge is 0.154 e. The van der Waals surface area contributed by atoms with Crippen LogP contribution in [-0.4, -0.2) is 32.3 Å². The van der Waals surface area contributed by atoms with Gasteiger partial charge in [-0.15, -0.1) is 0 Å². The largest absolute Gasteiger partial charge is 0.287 e. The molecule has 3 atom stereocenters. The summed E-state index contributed by atoms with van der Waals surface area (Å²) in [5.41, 5.74) is 1.10. The Morgan fingerprint density at radius 1 is 1.08 bits per heavy atom. The molecular weight excluding hydrogens is 315 g/mol. The highest BCUT2D eigenvalue weighted by Crippen LogP contribution is 2.40. The highest BCUT2D eigenvalue weighted by molar-refractivity contribution is 5.27. The predicted octanol–water partition coefficient (Wildman–Crippen LogP) is 4.04. The number of hydrogen-bond donors (Lipinski definition) is 0. The average Bonchev–Trinajstić information content (AvgIpc) is 3.37. The maximum Gasteiger partial charge on any atom is 0.154 e. The summed E-state index contributed by atoms with van der Waals surface area (Å²) in [7, 11) is 1.99. The standard InChI is InChI=1S/C20H27FN4/c1-13-4-5-14(2)25(12-13)18(15-8-10-17(21)11-9-15)20-22-19(16-6-7-16)23-24(20)3/h8-11,13-14,16,18H,4-7,12H2,1-3H3/t13-,14-,18?/m1/s1. The molecule has 1 unspecified atom stereocenters. The highest BCUT2D eigenvalue weighted by atomic mass is 19.1. The number of benzene rings is 1. The van der Waals surface area contributed by atoms with Crippen molar-refractivity contribution in [2.45, 2.75) is 57.5 Å². The number of aromatic nitrogens is 3. The molecular formula is C20H27FN4. The van der Waals surface area contributed by atoms with E-state index in [-0.39, 0.29) is 11.9 Å². The Bertz CT molecular complexity index is 735. The number of piperidine rings is 1. The zero-order valence-electron chi connectivity index (χ0n) is 15.3. The van der Waals surface area contributed by atoms with E-state index in [4.69, 9.17) is 4.98 Å². The van der Waals surface area contributed by atoms with E-state index in [1.54, 1.807) is 12.1 Å². The molecule has 4 rings (SSSR count). The van der Waals surface area contributed by atoms with E-state index in [0.29, 0.717) is 17.9 Å². The lowest BCUT2D eigenvalue weighted by Gasteiger charge is -2.41. The van der Waals surface area contributed by atoms with Gasteiger partial charge in [0.2, 0.25) is 0 Å². The first-order chi connectivity index (χ1) is 12.0. The number of halogens is 1. The third-order valence-corrected chi connectivity index (χ3v) is 5.68. The van der Waals surface area contributed by atoms with Crippen LogP contribution in [0, 0.1) is 11.7 Å². The molecule has 1 aromatic heterocycles. The highest BCUT2D eigenvalue weighted by Gasteiger charge is 2.36. The van der Waals surface area contributed by atoms with E-state index in [9.17, 15) is 4.39 Å². The molecule has 1 saturated carbocycles. The van der Waals surface area contributed by atoms with E-state index < -0.39 is 0 Å². The average molecular weight is 342 g/mol. The van der Waals surface area contributed by atoms with Crippen LogP contribution in [-0.2, 0) is 7.05 Å². The summed E-state index contributed by atoms with van der Waals surface area (Å²) < 4.78 is 15.4. The van der Waals surface area contributed by atoms with Crippen molar-refractivity contribution < 1.29 is 4.39 Å². The zero-order valence-corrected chi connectivity index (χ0v) is 15.3. The first-order valence-electron chi connectivity index (χ1n) is 9.45. The molecule has 5 heteroatoms. The minimum Gasteiger partial charge on any atom is -0.287 e. The Morgan fingerprint density at radius 2 is 1.80 bits per heavy atom. The summed E-state index contributed by atoms with van der Waals surface area (Å²) in [6, 6.07) is 7.42.